The molecule has 5 heterocycles. The highest BCUT2D eigenvalue weighted by Gasteiger charge is 2.31. The zero-order chi connectivity index (χ0) is 77.6. The summed E-state index contributed by atoms with van der Waals surface area (Å²) in [7, 11) is 0. The van der Waals surface area contributed by atoms with Crippen molar-refractivity contribution < 1.29 is 0 Å². The lowest BCUT2D eigenvalue weighted by atomic mass is 9.90. The highest BCUT2D eigenvalue weighted by atomic mass is 15.1. The van der Waals surface area contributed by atoms with E-state index in [4.69, 9.17) is 29.9 Å². The third-order valence-electron chi connectivity index (χ3n) is 24.9. The van der Waals surface area contributed by atoms with Gasteiger partial charge in [-0.05, 0) is 133 Å². The highest BCUT2D eigenvalue weighted by molar-refractivity contribution is 6.18. The maximum Gasteiger partial charge on any atom is 0.165 e. The first-order valence-corrected chi connectivity index (χ1v) is 47.0. The van der Waals surface area contributed by atoms with Crippen LogP contribution < -0.4 is 0 Å². The number of aromatic amines is 2. The summed E-state index contributed by atoms with van der Waals surface area (Å²) in [6.45, 7) is 14.0. The Kier molecular flexibility index (Phi) is 36.8. The number of unbranched alkanes of at least 4 members (excludes halogenated alkanes) is 42. The molecule has 2 N–H and O–H groups in total. The van der Waals surface area contributed by atoms with Crippen LogP contribution >= 0.6 is 0 Å². The SMILES string of the molecule is CCCCCCCCCCc1ccc(CCCCCCCCCC)c2c1-c1nc-2nc2[nH]c(nc3nc(nc4[nH]c(n1)c1c(CCCCCCCCCC)ccc(CCCCCCCCCC)c41)-c1c(CCCCCCCCCC)ccc(CCCCCCCCCC)c1-3)c1c(-c3ccccc3)ccc(-c3ccccc3)c21. The van der Waals surface area contributed by atoms with Crippen molar-refractivity contribution in [3.8, 4) is 67.8 Å². The molecule has 8 heteroatoms. The van der Waals surface area contributed by atoms with Crippen LogP contribution in [0.25, 0.3) is 112 Å². The van der Waals surface area contributed by atoms with Crippen LogP contribution in [-0.4, -0.2) is 39.9 Å². The second-order valence-electron chi connectivity index (χ2n) is 34.0. The Labute approximate surface area is 678 Å². The van der Waals surface area contributed by atoms with Crippen molar-refractivity contribution in [1.82, 2.24) is 39.9 Å². The van der Waals surface area contributed by atoms with Gasteiger partial charge in [0.1, 0.15) is 22.6 Å². The van der Waals surface area contributed by atoms with Gasteiger partial charge in [-0.15, -0.1) is 0 Å². The molecule has 6 aromatic carbocycles. The number of fused-ring (bicyclic) bond motifs is 20. The molecule has 0 atom stereocenters. The van der Waals surface area contributed by atoms with Gasteiger partial charge in [-0.2, -0.15) is 0 Å². The fourth-order valence-electron chi connectivity index (χ4n) is 18.4. The first kappa shape index (κ1) is 85.6. The fourth-order valence-corrected chi connectivity index (χ4v) is 18.4. The summed E-state index contributed by atoms with van der Waals surface area (Å²) < 4.78 is 0. The molecule has 0 saturated heterocycles. The van der Waals surface area contributed by atoms with Gasteiger partial charge in [0.15, 0.2) is 23.3 Å². The Morgan fingerprint density at radius 3 is 0.616 bits per heavy atom. The number of nitrogens with one attached hydrogen (secondary N) is 2. The number of benzene rings is 6. The van der Waals surface area contributed by atoms with Gasteiger partial charge in [0, 0.05) is 43.8 Å². The molecule has 3 aromatic heterocycles. The van der Waals surface area contributed by atoms with Crippen molar-refractivity contribution in [1.29, 1.82) is 0 Å². The van der Waals surface area contributed by atoms with Crippen LogP contribution in [0.5, 0.6) is 0 Å². The molecule has 2 aliphatic heterocycles. The summed E-state index contributed by atoms with van der Waals surface area (Å²) >= 11 is 0. The van der Waals surface area contributed by atoms with Crippen molar-refractivity contribution in [3.05, 3.63) is 143 Å². The first-order valence-electron chi connectivity index (χ1n) is 47.0. The lowest BCUT2D eigenvalue weighted by molar-refractivity contribution is 0.575. The number of hydrogen-bond acceptors (Lipinski definition) is 6. The van der Waals surface area contributed by atoms with E-state index < -0.39 is 0 Å². The standard InChI is InChI=1S/C104H146N8/c1-7-13-19-25-31-37-43-51-65-81-71-72-82(66-52-44-38-32-26-20-14-8-2)90-89(81)97-105-98(90)107-100-92-84(68-54-46-40-34-28-22-16-10-4)74-76-86(70-56-48-42-36-30-24-18-12-6)94(92)102(109-100)111-104-96-88(80-63-59-50-60-64-80)78-77-87(79-61-57-49-58-62-79)95(96)103(112-104)110-101-93-85(69-55-47-41-35-29-23-17-11-5)75-73-83(91(93)99(106-97)108-101)67-53-45-39-33-27-21-15-9-3/h49-50,57-64,71-78H,7-48,51-56,65-70H2,1-6H3,(H2,105,106,107,108,109,110,111,112). The van der Waals surface area contributed by atoms with E-state index in [1.807, 2.05) is 0 Å². The lowest BCUT2D eigenvalue weighted by Gasteiger charge is -2.13. The summed E-state index contributed by atoms with van der Waals surface area (Å²) in [6.07, 6.45) is 66.9. The zero-order valence-corrected chi connectivity index (χ0v) is 71.3. The molecule has 0 saturated carbocycles. The van der Waals surface area contributed by atoms with Gasteiger partial charge in [0.25, 0.3) is 0 Å². The minimum Gasteiger partial charge on any atom is -0.324 e. The van der Waals surface area contributed by atoms with Crippen LogP contribution in [-0.2, 0) is 38.5 Å². The van der Waals surface area contributed by atoms with E-state index in [2.05, 4.69) is 161 Å². The molecule has 0 aliphatic carbocycles. The largest absolute Gasteiger partial charge is 0.324 e. The average molecular weight is 1510 g/mol. The fraction of sp³-hybridized carbons (Fsp3) is 0.577. The third kappa shape index (κ3) is 24.4. The summed E-state index contributed by atoms with van der Waals surface area (Å²) in [5.41, 5.74) is 20.4. The smallest absolute Gasteiger partial charge is 0.165 e. The van der Waals surface area contributed by atoms with Gasteiger partial charge < -0.3 is 9.97 Å². The molecular formula is C104H146N8. The lowest BCUT2D eigenvalue weighted by Crippen LogP contribution is -1.98. The van der Waals surface area contributed by atoms with E-state index in [0.29, 0.717) is 0 Å². The minimum absolute atomic E-state index is 0.736. The average Bonchev–Trinajstić information content (AvgIpc) is 1.57. The molecule has 9 aromatic rings. The van der Waals surface area contributed by atoms with Gasteiger partial charge >= 0.3 is 0 Å². The number of nitrogens with zero attached hydrogens (tertiary/aromatic N) is 6. The molecular weight excluding hydrogens is 1360 g/mol. The van der Waals surface area contributed by atoms with Crippen LogP contribution in [0.3, 0.4) is 0 Å². The number of aryl methyl sites for hydroxylation is 6. The second kappa shape index (κ2) is 48.1. The van der Waals surface area contributed by atoms with Crippen LogP contribution in [0, 0.1) is 0 Å². The van der Waals surface area contributed by atoms with Crippen LogP contribution in [0.4, 0.5) is 0 Å². The molecule has 2 aliphatic rings. The number of rotatable bonds is 56. The number of hydrogen-bond donors (Lipinski definition) is 2. The summed E-state index contributed by atoms with van der Waals surface area (Å²) in [6, 6.07) is 41.6. The van der Waals surface area contributed by atoms with Crippen molar-refractivity contribution in [3.63, 3.8) is 0 Å². The number of aromatic nitrogens is 8. The van der Waals surface area contributed by atoms with Gasteiger partial charge in [0.2, 0.25) is 0 Å². The van der Waals surface area contributed by atoms with E-state index >= 15 is 0 Å². The van der Waals surface area contributed by atoms with Crippen molar-refractivity contribution in [2.75, 3.05) is 0 Å². The molecule has 8 nitrogen and oxygen atoms in total. The van der Waals surface area contributed by atoms with Crippen molar-refractivity contribution in [2.45, 2.75) is 388 Å². The zero-order valence-electron chi connectivity index (χ0n) is 71.3. The van der Waals surface area contributed by atoms with E-state index in [-0.39, 0.29) is 0 Å². The monoisotopic (exact) mass is 1510 g/mol. The summed E-state index contributed by atoms with van der Waals surface area (Å²) in [5.74, 6) is 3.00. The van der Waals surface area contributed by atoms with Crippen molar-refractivity contribution >= 4 is 44.1 Å². The Bertz CT molecular complexity index is 4150. The molecule has 112 heavy (non-hydrogen) atoms. The molecule has 602 valence electrons. The van der Waals surface area contributed by atoms with Crippen LogP contribution in [0.1, 0.15) is 383 Å². The number of H-pyrrole nitrogens is 2. The van der Waals surface area contributed by atoms with Crippen molar-refractivity contribution in [2.24, 2.45) is 0 Å². The Balaban J connectivity index is 1.22. The van der Waals surface area contributed by atoms with Gasteiger partial charge in [-0.1, -0.05) is 420 Å². The van der Waals surface area contributed by atoms with Gasteiger partial charge in [-0.25, -0.2) is 29.9 Å². The predicted molar refractivity (Wildman–Crippen MR) is 485 cm³/mol. The molecule has 11 rings (SSSR count). The van der Waals surface area contributed by atoms with E-state index in [0.717, 1.165) is 167 Å². The Morgan fingerprint density at radius 1 is 0.188 bits per heavy atom. The maximum atomic E-state index is 6.18. The highest BCUT2D eigenvalue weighted by Crippen LogP contribution is 2.47. The maximum absolute atomic E-state index is 6.18. The van der Waals surface area contributed by atoms with Gasteiger partial charge in [-0.3, -0.25) is 0 Å². The summed E-state index contributed by atoms with van der Waals surface area (Å²) in [4.78, 5) is 44.9. The molecule has 0 fully saturated rings. The predicted octanol–water partition coefficient (Wildman–Crippen LogP) is 32.3. The molecule has 8 bridgehead atoms. The minimum atomic E-state index is 0.736. The quantitative estimate of drug-likeness (QED) is 0.0368. The van der Waals surface area contributed by atoms with Crippen LogP contribution in [0.15, 0.2) is 109 Å². The van der Waals surface area contributed by atoms with E-state index in [9.17, 15) is 0 Å². The summed E-state index contributed by atoms with van der Waals surface area (Å²) in [5, 5.41) is 4.51. The topological polar surface area (TPSA) is 109 Å². The second-order valence-corrected chi connectivity index (χ2v) is 34.0. The van der Waals surface area contributed by atoms with Gasteiger partial charge in [0.05, 0.1) is 0 Å². The van der Waals surface area contributed by atoms with E-state index in [1.54, 1.807) is 0 Å². The third-order valence-corrected chi connectivity index (χ3v) is 24.9. The first-order chi connectivity index (χ1) is 55.5. The van der Waals surface area contributed by atoms with Crippen LogP contribution in [0.2, 0.25) is 0 Å². The Morgan fingerprint density at radius 2 is 0.384 bits per heavy atom. The molecule has 0 radical (unpaired) electrons. The normalized spacial score (nSPS) is 12.0. The molecule has 0 amide bonds. The Hall–Kier alpha value is -7.32. The molecule has 0 spiro atoms. The molecule has 0 unspecified atom stereocenters. The van der Waals surface area contributed by atoms with E-state index in [1.165, 1.54) is 325 Å².